The number of carbonyl (C=O) groups excluding carboxylic acids is 1. The molecule has 6 heteroatoms. The monoisotopic (exact) mass is 333 g/mol. The molecule has 1 aliphatic heterocycles. The Bertz CT molecular complexity index is 616. The summed E-state index contributed by atoms with van der Waals surface area (Å²) in [5, 5.41) is 5.85. The molecular formula is C17H23N3O2S. The van der Waals surface area contributed by atoms with E-state index in [0.29, 0.717) is 12.3 Å². The van der Waals surface area contributed by atoms with Crippen LogP contribution < -0.4 is 5.32 Å². The number of amides is 1. The first-order valence-electron chi connectivity index (χ1n) is 8.18. The van der Waals surface area contributed by atoms with Gasteiger partial charge in [-0.05, 0) is 44.0 Å². The first-order valence-corrected chi connectivity index (χ1v) is 9.06. The number of likely N-dealkylation sites (tertiary alicyclic amines) is 1. The van der Waals surface area contributed by atoms with E-state index in [1.807, 2.05) is 11.4 Å². The normalized spacial score (nSPS) is 16.6. The Balaban J connectivity index is 1.45. The second-order valence-electron chi connectivity index (χ2n) is 6.16. The highest BCUT2D eigenvalue weighted by molar-refractivity contribution is 7.09. The van der Waals surface area contributed by atoms with Crippen LogP contribution in [-0.2, 0) is 13.0 Å². The van der Waals surface area contributed by atoms with Crippen molar-refractivity contribution in [2.75, 3.05) is 19.6 Å². The molecule has 0 unspecified atom stereocenters. The van der Waals surface area contributed by atoms with Gasteiger partial charge in [0.15, 0.2) is 5.76 Å². The predicted octanol–water partition coefficient (Wildman–Crippen LogP) is 2.94. The number of nitrogens with zero attached hydrogens (tertiary/aromatic N) is 2. The first-order chi connectivity index (χ1) is 11.2. The van der Waals surface area contributed by atoms with E-state index < -0.39 is 0 Å². The van der Waals surface area contributed by atoms with Crippen LogP contribution in [0.15, 0.2) is 28.1 Å². The van der Waals surface area contributed by atoms with Crippen molar-refractivity contribution in [3.05, 3.63) is 40.2 Å². The van der Waals surface area contributed by atoms with Crippen molar-refractivity contribution in [3.8, 4) is 0 Å². The fourth-order valence-corrected chi connectivity index (χ4v) is 3.39. The summed E-state index contributed by atoms with van der Waals surface area (Å²) in [4.78, 5) is 18.7. The second kappa shape index (κ2) is 7.75. The van der Waals surface area contributed by atoms with E-state index in [1.165, 1.54) is 12.8 Å². The quantitative estimate of drug-likeness (QED) is 0.883. The fraction of sp³-hybridized carbons (Fsp3) is 0.529. The maximum absolute atomic E-state index is 12.1. The van der Waals surface area contributed by atoms with E-state index in [2.05, 4.69) is 22.1 Å². The lowest BCUT2D eigenvalue weighted by Crippen LogP contribution is -2.32. The van der Waals surface area contributed by atoms with Gasteiger partial charge in [-0.25, -0.2) is 4.98 Å². The van der Waals surface area contributed by atoms with Crippen molar-refractivity contribution in [2.24, 2.45) is 5.92 Å². The second-order valence-corrected chi connectivity index (χ2v) is 7.14. The van der Waals surface area contributed by atoms with E-state index in [9.17, 15) is 4.79 Å². The minimum Gasteiger partial charge on any atom is -0.455 e. The number of furan rings is 1. The number of piperidine rings is 1. The van der Waals surface area contributed by atoms with Crippen molar-refractivity contribution in [1.29, 1.82) is 0 Å². The molecule has 0 radical (unpaired) electrons. The molecule has 1 N–H and O–H groups in total. The summed E-state index contributed by atoms with van der Waals surface area (Å²) in [5.74, 6) is 1.93. The third kappa shape index (κ3) is 4.65. The molecule has 3 heterocycles. The van der Waals surface area contributed by atoms with Gasteiger partial charge in [0.05, 0.1) is 11.6 Å². The molecule has 1 aliphatic rings. The van der Waals surface area contributed by atoms with Crippen molar-refractivity contribution >= 4 is 17.2 Å². The van der Waals surface area contributed by atoms with Crippen LogP contribution in [0.2, 0.25) is 0 Å². The minimum atomic E-state index is -0.153. The van der Waals surface area contributed by atoms with Crippen LogP contribution >= 0.6 is 11.3 Å². The largest absolute Gasteiger partial charge is 0.455 e. The van der Waals surface area contributed by atoms with Crippen LogP contribution in [0.25, 0.3) is 0 Å². The molecule has 0 aliphatic carbocycles. The molecule has 5 nitrogen and oxygen atoms in total. The molecule has 1 fully saturated rings. The lowest BCUT2D eigenvalue weighted by atomic mass is 9.99. The Morgan fingerprint density at radius 2 is 2.26 bits per heavy atom. The van der Waals surface area contributed by atoms with Crippen LogP contribution in [0.5, 0.6) is 0 Å². The maximum Gasteiger partial charge on any atom is 0.287 e. The molecule has 0 aromatic carbocycles. The first kappa shape index (κ1) is 16.2. The highest BCUT2D eigenvalue weighted by Gasteiger charge is 2.18. The van der Waals surface area contributed by atoms with E-state index in [0.717, 1.165) is 42.7 Å². The molecule has 0 spiro atoms. The summed E-state index contributed by atoms with van der Waals surface area (Å²) in [7, 11) is 0. The molecule has 3 rings (SSSR count). The Labute approximate surface area is 140 Å². The number of nitrogens with one attached hydrogen (secondary N) is 1. The van der Waals surface area contributed by atoms with Crippen molar-refractivity contribution < 1.29 is 9.21 Å². The van der Waals surface area contributed by atoms with E-state index in [4.69, 9.17) is 4.42 Å². The highest BCUT2D eigenvalue weighted by Crippen LogP contribution is 2.19. The summed E-state index contributed by atoms with van der Waals surface area (Å²) in [6.07, 6.45) is 5.01. The summed E-state index contributed by atoms with van der Waals surface area (Å²) in [6, 6.07) is 3.68. The fourth-order valence-electron chi connectivity index (χ4n) is 2.77. The number of hydrogen-bond acceptors (Lipinski definition) is 5. The van der Waals surface area contributed by atoms with Crippen LogP contribution in [0.3, 0.4) is 0 Å². The third-order valence-electron chi connectivity index (χ3n) is 4.25. The molecule has 0 saturated carbocycles. The van der Waals surface area contributed by atoms with Gasteiger partial charge in [0, 0.05) is 24.5 Å². The standard InChI is InChI=1S/C17H23N3O2S/c1-13-5-9-20(10-6-13)12-14-2-3-15(22-14)17(21)19-7-4-16-18-8-11-23-16/h2-3,8,11,13H,4-7,9-10,12H2,1H3,(H,19,21). The average Bonchev–Trinajstić information content (AvgIpc) is 3.21. The number of aromatic nitrogens is 1. The van der Waals surface area contributed by atoms with Gasteiger partial charge in [-0.1, -0.05) is 6.92 Å². The molecule has 0 bridgehead atoms. The lowest BCUT2D eigenvalue weighted by Gasteiger charge is -2.29. The Morgan fingerprint density at radius 1 is 1.43 bits per heavy atom. The van der Waals surface area contributed by atoms with Gasteiger partial charge in [-0.3, -0.25) is 9.69 Å². The third-order valence-corrected chi connectivity index (χ3v) is 5.09. The molecule has 0 atom stereocenters. The molecule has 2 aromatic heterocycles. The predicted molar refractivity (Wildman–Crippen MR) is 90.5 cm³/mol. The smallest absolute Gasteiger partial charge is 0.287 e. The summed E-state index contributed by atoms with van der Waals surface area (Å²) < 4.78 is 5.70. The molecule has 1 saturated heterocycles. The summed E-state index contributed by atoms with van der Waals surface area (Å²) >= 11 is 1.60. The van der Waals surface area contributed by atoms with Crippen LogP contribution in [-0.4, -0.2) is 35.4 Å². The van der Waals surface area contributed by atoms with E-state index in [-0.39, 0.29) is 5.91 Å². The van der Waals surface area contributed by atoms with Gasteiger partial charge < -0.3 is 9.73 Å². The Kier molecular flexibility index (Phi) is 5.46. The molecule has 23 heavy (non-hydrogen) atoms. The van der Waals surface area contributed by atoms with Crippen LogP contribution in [0.1, 0.15) is 41.1 Å². The SMILES string of the molecule is CC1CCN(Cc2ccc(C(=O)NCCc3nccs3)o2)CC1. The van der Waals surface area contributed by atoms with Gasteiger partial charge in [-0.2, -0.15) is 0 Å². The van der Waals surface area contributed by atoms with Crippen molar-refractivity contribution in [2.45, 2.75) is 32.7 Å². The number of carbonyl (C=O) groups is 1. The summed E-state index contributed by atoms with van der Waals surface area (Å²) in [6.45, 7) is 5.89. The van der Waals surface area contributed by atoms with Crippen molar-refractivity contribution in [3.63, 3.8) is 0 Å². The highest BCUT2D eigenvalue weighted by atomic mass is 32.1. The zero-order valence-corrected chi connectivity index (χ0v) is 14.3. The Morgan fingerprint density at radius 3 is 3.00 bits per heavy atom. The van der Waals surface area contributed by atoms with Crippen molar-refractivity contribution in [1.82, 2.24) is 15.2 Å². The molecule has 2 aromatic rings. The lowest BCUT2D eigenvalue weighted by molar-refractivity contribution is 0.0921. The zero-order chi connectivity index (χ0) is 16.1. The zero-order valence-electron chi connectivity index (χ0n) is 13.5. The molecular weight excluding hydrogens is 310 g/mol. The average molecular weight is 333 g/mol. The van der Waals surface area contributed by atoms with E-state index in [1.54, 1.807) is 23.6 Å². The number of rotatable bonds is 6. The topological polar surface area (TPSA) is 58.4 Å². The van der Waals surface area contributed by atoms with Gasteiger partial charge in [0.1, 0.15) is 5.76 Å². The molecule has 1 amide bonds. The van der Waals surface area contributed by atoms with Crippen LogP contribution in [0.4, 0.5) is 0 Å². The van der Waals surface area contributed by atoms with Gasteiger partial charge in [-0.15, -0.1) is 11.3 Å². The maximum atomic E-state index is 12.1. The van der Waals surface area contributed by atoms with Crippen LogP contribution in [0, 0.1) is 5.92 Å². The minimum absolute atomic E-state index is 0.153. The Hall–Kier alpha value is -1.66. The van der Waals surface area contributed by atoms with Gasteiger partial charge in [0.2, 0.25) is 0 Å². The number of thiazole rings is 1. The van der Waals surface area contributed by atoms with Gasteiger partial charge >= 0.3 is 0 Å². The number of hydrogen-bond donors (Lipinski definition) is 1. The molecule has 124 valence electrons. The van der Waals surface area contributed by atoms with E-state index >= 15 is 0 Å². The summed E-state index contributed by atoms with van der Waals surface area (Å²) in [5.41, 5.74) is 0. The van der Waals surface area contributed by atoms with Gasteiger partial charge in [0.25, 0.3) is 5.91 Å².